The maximum atomic E-state index is 11.9. The van der Waals surface area contributed by atoms with Crippen molar-refractivity contribution in [3.05, 3.63) is 30.4 Å². The maximum Gasteiger partial charge on any atom is 0.415 e. The van der Waals surface area contributed by atoms with Crippen LogP contribution in [0.2, 0.25) is 0 Å². The molecule has 1 aliphatic heterocycles. The molecule has 0 fully saturated rings. The number of nitrogens with one attached hydrogen (secondary N) is 1. The zero-order valence-corrected chi connectivity index (χ0v) is 13.2. The van der Waals surface area contributed by atoms with Gasteiger partial charge in [0.1, 0.15) is 12.4 Å². The molecule has 23 heavy (non-hydrogen) atoms. The third-order valence-corrected chi connectivity index (χ3v) is 3.64. The number of nitrogens with zero attached hydrogens (tertiary/aromatic N) is 4. The molecule has 0 radical (unpaired) electrons. The average Bonchev–Trinajstić information content (AvgIpc) is 3.09. The van der Waals surface area contributed by atoms with E-state index in [0.29, 0.717) is 43.6 Å². The molecule has 0 unspecified atom stereocenters. The Bertz CT molecular complexity index is 674. The van der Waals surface area contributed by atoms with Crippen LogP contribution >= 0.6 is 0 Å². The number of fused-ring (bicyclic) bond motifs is 1. The number of methoxy groups -OCH3 is 1. The van der Waals surface area contributed by atoms with Gasteiger partial charge in [-0.1, -0.05) is 0 Å². The molecular weight excluding hydrogens is 298 g/mol. The van der Waals surface area contributed by atoms with E-state index >= 15 is 0 Å². The number of hydrogen-bond acceptors (Lipinski definition) is 6. The zero-order valence-electron chi connectivity index (χ0n) is 13.2. The number of aromatic amines is 1. The molecule has 3 heterocycles. The molecule has 8 heteroatoms. The van der Waals surface area contributed by atoms with Crippen LogP contribution in [0.15, 0.2) is 24.7 Å². The average molecular weight is 317 g/mol. The molecular formula is C15H19N5O3. The molecule has 1 amide bonds. The zero-order chi connectivity index (χ0) is 16.2. The summed E-state index contributed by atoms with van der Waals surface area (Å²) >= 11 is 0. The molecule has 0 saturated carbocycles. The van der Waals surface area contributed by atoms with Crippen molar-refractivity contribution >= 4 is 17.7 Å². The highest BCUT2D eigenvalue weighted by atomic mass is 16.5. The Morgan fingerprint density at radius 2 is 2.39 bits per heavy atom. The van der Waals surface area contributed by atoms with Crippen molar-refractivity contribution in [3.63, 3.8) is 0 Å². The molecule has 0 atom stereocenters. The van der Waals surface area contributed by atoms with Crippen LogP contribution in [0.25, 0.3) is 0 Å². The summed E-state index contributed by atoms with van der Waals surface area (Å²) in [4.78, 5) is 27.2. The molecule has 2 aromatic rings. The largest absolute Gasteiger partial charge is 0.488 e. The standard InChI is InChI=1S/C15H19N5O3/c1-3-20(15(21)22-2)13-5-4-12-14(18-13)19(6-7-23-12)9-11-8-16-10-17-11/h4-5,8,10H,3,6-7,9H2,1-2H3,(H,16,17). The van der Waals surface area contributed by atoms with E-state index in [9.17, 15) is 4.79 Å². The predicted octanol–water partition coefficient (Wildman–Crippen LogP) is 1.80. The number of aromatic nitrogens is 3. The van der Waals surface area contributed by atoms with Gasteiger partial charge in [-0.05, 0) is 19.1 Å². The summed E-state index contributed by atoms with van der Waals surface area (Å²) in [6.07, 6.45) is 3.07. The summed E-state index contributed by atoms with van der Waals surface area (Å²) in [6, 6.07) is 3.59. The van der Waals surface area contributed by atoms with Gasteiger partial charge in [-0.25, -0.2) is 14.8 Å². The fourth-order valence-corrected chi connectivity index (χ4v) is 2.51. The fraction of sp³-hybridized carbons (Fsp3) is 0.400. The van der Waals surface area contributed by atoms with Crippen molar-refractivity contribution in [3.8, 4) is 5.75 Å². The Kier molecular flexibility index (Phi) is 4.31. The number of pyridine rings is 1. The van der Waals surface area contributed by atoms with Gasteiger partial charge < -0.3 is 19.4 Å². The van der Waals surface area contributed by atoms with Gasteiger partial charge in [0.05, 0.1) is 32.2 Å². The van der Waals surface area contributed by atoms with Crippen molar-refractivity contribution < 1.29 is 14.3 Å². The van der Waals surface area contributed by atoms with E-state index < -0.39 is 6.09 Å². The lowest BCUT2D eigenvalue weighted by molar-refractivity contribution is 0.179. The van der Waals surface area contributed by atoms with Crippen molar-refractivity contribution in [2.45, 2.75) is 13.5 Å². The number of carbonyl (C=O) groups excluding carboxylic acids is 1. The van der Waals surface area contributed by atoms with E-state index in [-0.39, 0.29) is 0 Å². The minimum Gasteiger partial charge on any atom is -0.488 e. The first kappa shape index (κ1) is 15.1. The lowest BCUT2D eigenvalue weighted by Crippen LogP contribution is -2.35. The van der Waals surface area contributed by atoms with E-state index in [0.717, 1.165) is 5.69 Å². The van der Waals surface area contributed by atoms with Crippen LogP contribution in [0.4, 0.5) is 16.4 Å². The summed E-state index contributed by atoms with van der Waals surface area (Å²) in [5.41, 5.74) is 0.922. The quantitative estimate of drug-likeness (QED) is 0.925. The number of carbonyl (C=O) groups is 1. The molecule has 0 saturated heterocycles. The molecule has 2 aromatic heterocycles. The van der Waals surface area contributed by atoms with Gasteiger partial charge in [-0.15, -0.1) is 0 Å². The van der Waals surface area contributed by atoms with Crippen LogP contribution in [0.1, 0.15) is 12.6 Å². The van der Waals surface area contributed by atoms with Gasteiger partial charge >= 0.3 is 6.09 Å². The summed E-state index contributed by atoms with van der Waals surface area (Å²) in [6.45, 7) is 4.27. The van der Waals surface area contributed by atoms with Crippen LogP contribution in [0.5, 0.6) is 5.75 Å². The van der Waals surface area contributed by atoms with Crippen LogP contribution < -0.4 is 14.5 Å². The Morgan fingerprint density at radius 3 is 3.09 bits per heavy atom. The molecule has 0 aromatic carbocycles. The van der Waals surface area contributed by atoms with Gasteiger partial charge in [-0.2, -0.15) is 0 Å². The first-order valence-corrected chi connectivity index (χ1v) is 7.45. The van der Waals surface area contributed by atoms with Gasteiger partial charge in [0.2, 0.25) is 0 Å². The van der Waals surface area contributed by atoms with Crippen LogP contribution in [-0.2, 0) is 11.3 Å². The van der Waals surface area contributed by atoms with Crippen molar-refractivity contribution in [1.29, 1.82) is 0 Å². The number of amides is 1. The first-order valence-electron chi connectivity index (χ1n) is 7.45. The summed E-state index contributed by atoms with van der Waals surface area (Å²) < 4.78 is 10.5. The molecule has 3 rings (SSSR count). The first-order chi connectivity index (χ1) is 11.2. The Labute approximate surface area is 134 Å². The van der Waals surface area contributed by atoms with Gasteiger partial charge in [0, 0.05) is 12.7 Å². The fourth-order valence-electron chi connectivity index (χ4n) is 2.51. The number of H-pyrrole nitrogens is 1. The molecule has 1 N–H and O–H groups in total. The third kappa shape index (κ3) is 3.05. The Hall–Kier alpha value is -2.77. The minimum absolute atomic E-state index is 0.435. The highest BCUT2D eigenvalue weighted by molar-refractivity contribution is 5.86. The Balaban J connectivity index is 1.91. The molecule has 122 valence electrons. The number of imidazole rings is 1. The molecule has 8 nitrogen and oxygen atoms in total. The van der Waals surface area contributed by atoms with E-state index in [1.807, 2.05) is 19.2 Å². The summed E-state index contributed by atoms with van der Waals surface area (Å²) in [5.74, 6) is 1.95. The van der Waals surface area contributed by atoms with Crippen molar-refractivity contribution in [1.82, 2.24) is 15.0 Å². The molecule has 0 bridgehead atoms. The predicted molar refractivity (Wildman–Crippen MR) is 84.8 cm³/mol. The smallest absolute Gasteiger partial charge is 0.415 e. The van der Waals surface area contributed by atoms with Crippen molar-refractivity contribution in [2.24, 2.45) is 0 Å². The monoisotopic (exact) mass is 317 g/mol. The molecule has 0 spiro atoms. The second-order valence-corrected chi connectivity index (χ2v) is 5.04. The van der Waals surface area contributed by atoms with E-state index in [1.54, 1.807) is 12.4 Å². The second kappa shape index (κ2) is 6.55. The highest BCUT2D eigenvalue weighted by Crippen LogP contribution is 2.32. The summed E-state index contributed by atoms with van der Waals surface area (Å²) in [5, 5.41) is 0. The molecule has 1 aliphatic rings. The summed E-state index contributed by atoms with van der Waals surface area (Å²) in [7, 11) is 1.36. The lowest BCUT2D eigenvalue weighted by atomic mass is 10.3. The number of ether oxygens (including phenoxy) is 2. The lowest BCUT2D eigenvalue weighted by Gasteiger charge is -2.30. The van der Waals surface area contributed by atoms with Crippen LogP contribution in [-0.4, -0.2) is 47.9 Å². The number of anilines is 2. The maximum absolute atomic E-state index is 11.9. The topological polar surface area (TPSA) is 83.6 Å². The van der Waals surface area contributed by atoms with Gasteiger partial charge in [0.25, 0.3) is 0 Å². The van der Waals surface area contributed by atoms with Gasteiger partial charge in [-0.3, -0.25) is 4.90 Å². The van der Waals surface area contributed by atoms with E-state index in [1.165, 1.54) is 12.0 Å². The SMILES string of the molecule is CCN(C(=O)OC)c1ccc2c(n1)N(Cc1c[nH]cn1)CCO2. The van der Waals surface area contributed by atoms with Crippen LogP contribution in [0.3, 0.4) is 0 Å². The second-order valence-electron chi connectivity index (χ2n) is 5.04. The number of hydrogen-bond donors (Lipinski definition) is 1. The Morgan fingerprint density at radius 1 is 1.52 bits per heavy atom. The van der Waals surface area contributed by atoms with E-state index in [2.05, 4.69) is 19.9 Å². The normalized spacial score (nSPS) is 13.2. The third-order valence-electron chi connectivity index (χ3n) is 3.64. The van der Waals surface area contributed by atoms with Gasteiger partial charge in [0.15, 0.2) is 11.6 Å². The van der Waals surface area contributed by atoms with Crippen molar-refractivity contribution in [2.75, 3.05) is 36.6 Å². The van der Waals surface area contributed by atoms with Crippen LogP contribution in [0, 0.1) is 0 Å². The highest BCUT2D eigenvalue weighted by Gasteiger charge is 2.23. The van der Waals surface area contributed by atoms with E-state index in [4.69, 9.17) is 9.47 Å². The molecule has 0 aliphatic carbocycles. The number of rotatable bonds is 4. The minimum atomic E-state index is -0.435.